The quantitative estimate of drug-likeness (QED) is 0.808. The molecule has 2 N–H and O–H groups in total. The van der Waals surface area contributed by atoms with Gasteiger partial charge in [-0.15, -0.1) is 0 Å². The third-order valence-corrected chi connectivity index (χ3v) is 2.53. The molecule has 0 radical (unpaired) electrons. The van der Waals surface area contributed by atoms with Crippen LogP contribution < -0.4 is 15.2 Å². The van der Waals surface area contributed by atoms with Crippen molar-refractivity contribution in [2.75, 3.05) is 34.4 Å². The Labute approximate surface area is 107 Å². The Morgan fingerprint density at radius 2 is 2.11 bits per heavy atom. The highest BCUT2D eigenvalue weighted by Gasteiger charge is 2.12. The number of carbonyl (C=O) groups is 1. The number of hydrogen-bond donors (Lipinski definition) is 1. The number of benzene rings is 1. The van der Waals surface area contributed by atoms with Gasteiger partial charge in [0.05, 0.1) is 7.11 Å². The fourth-order valence-electron chi connectivity index (χ4n) is 1.50. The summed E-state index contributed by atoms with van der Waals surface area (Å²) in [5.74, 6) is 1.12. The summed E-state index contributed by atoms with van der Waals surface area (Å²) in [7, 11) is 4.95. The zero-order chi connectivity index (χ0) is 13.5. The average Bonchev–Trinajstić information content (AvgIpc) is 2.36. The highest BCUT2D eigenvalue weighted by molar-refractivity contribution is 5.77. The summed E-state index contributed by atoms with van der Waals surface area (Å²) < 4.78 is 10.8. The van der Waals surface area contributed by atoms with Gasteiger partial charge in [0.15, 0.2) is 18.1 Å². The predicted molar refractivity (Wildman–Crippen MR) is 69.9 cm³/mol. The van der Waals surface area contributed by atoms with E-state index >= 15 is 0 Å². The van der Waals surface area contributed by atoms with Gasteiger partial charge in [-0.3, -0.25) is 4.79 Å². The Morgan fingerprint density at radius 1 is 1.39 bits per heavy atom. The van der Waals surface area contributed by atoms with E-state index in [1.165, 1.54) is 4.90 Å². The van der Waals surface area contributed by atoms with Gasteiger partial charge in [-0.1, -0.05) is 12.1 Å². The number of nitrogens with zero attached hydrogens (tertiary/aromatic N) is 1. The van der Waals surface area contributed by atoms with E-state index in [1.807, 2.05) is 12.1 Å². The summed E-state index contributed by atoms with van der Waals surface area (Å²) >= 11 is 0. The summed E-state index contributed by atoms with van der Waals surface area (Å²) in [4.78, 5) is 13.0. The number of para-hydroxylation sites is 1. The maximum Gasteiger partial charge on any atom is 0.259 e. The van der Waals surface area contributed by atoms with Crippen LogP contribution in [-0.2, 0) is 11.2 Å². The summed E-state index contributed by atoms with van der Waals surface area (Å²) in [6.45, 7) is 0.510. The van der Waals surface area contributed by atoms with E-state index in [0.29, 0.717) is 24.5 Å². The summed E-state index contributed by atoms with van der Waals surface area (Å²) in [6.07, 6.45) is 0.683. The topological polar surface area (TPSA) is 64.8 Å². The first kappa shape index (κ1) is 14.3. The minimum Gasteiger partial charge on any atom is -0.493 e. The lowest BCUT2D eigenvalue weighted by molar-refractivity contribution is -0.130. The van der Waals surface area contributed by atoms with Crippen LogP contribution >= 0.6 is 0 Å². The van der Waals surface area contributed by atoms with Gasteiger partial charge in [0.2, 0.25) is 0 Å². The first-order valence-corrected chi connectivity index (χ1v) is 5.79. The normalized spacial score (nSPS) is 10.0. The molecule has 0 aliphatic heterocycles. The Kier molecular flexibility index (Phi) is 5.45. The third kappa shape index (κ3) is 3.63. The number of likely N-dealkylation sites (N-methyl/N-ethyl adjacent to an activating group) is 1. The SMILES string of the molecule is COc1cccc(CCN)c1OCC(=O)N(C)C. The smallest absolute Gasteiger partial charge is 0.259 e. The molecular formula is C13H20N2O3. The van der Waals surface area contributed by atoms with Crippen molar-refractivity contribution in [2.45, 2.75) is 6.42 Å². The summed E-state index contributed by atoms with van der Waals surface area (Å²) in [5.41, 5.74) is 6.50. The molecule has 0 atom stereocenters. The maximum atomic E-state index is 11.5. The Balaban J connectivity index is 2.87. The third-order valence-electron chi connectivity index (χ3n) is 2.53. The molecule has 1 aromatic rings. The van der Waals surface area contributed by atoms with Gasteiger partial charge in [-0.25, -0.2) is 0 Å². The van der Waals surface area contributed by atoms with Crippen LogP contribution in [0.3, 0.4) is 0 Å². The van der Waals surface area contributed by atoms with E-state index in [2.05, 4.69) is 0 Å². The first-order chi connectivity index (χ1) is 8.60. The monoisotopic (exact) mass is 252 g/mol. The maximum absolute atomic E-state index is 11.5. The van der Waals surface area contributed by atoms with Crippen LogP contribution in [0.5, 0.6) is 11.5 Å². The van der Waals surface area contributed by atoms with Crippen LogP contribution in [-0.4, -0.2) is 45.2 Å². The number of amides is 1. The summed E-state index contributed by atoms with van der Waals surface area (Å²) in [6, 6.07) is 5.60. The van der Waals surface area contributed by atoms with Gasteiger partial charge in [-0.05, 0) is 24.6 Å². The average molecular weight is 252 g/mol. The van der Waals surface area contributed by atoms with Gasteiger partial charge in [-0.2, -0.15) is 0 Å². The molecule has 5 nitrogen and oxygen atoms in total. The van der Waals surface area contributed by atoms with Crippen molar-refractivity contribution in [1.82, 2.24) is 4.90 Å². The lowest BCUT2D eigenvalue weighted by Gasteiger charge is -2.16. The Morgan fingerprint density at radius 3 is 2.67 bits per heavy atom. The highest BCUT2D eigenvalue weighted by Crippen LogP contribution is 2.31. The van der Waals surface area contributed by atoms with E-state index < -0.39 is 0 Å². The fourth-order valence-corrected chi connectivity index (χ4v) is 1.50. The molecule has 18 heavy (non-hydrogen) atoms. The van der Waals surface area contributed by atoms with Crippen molar-refractivity contribution in [3.8, 4) is 11.5 Å². The van der Waals surface area contributed by atoms with Crippen LogP contribution in [0.4, 0.5) is 0 Å². The van der Waals surface area contributed by atoms with Crippen LogP contribution in [0.1, 0.15) is 5.56 Å². The molecule has 1 amide bonds. The van der Waals surface area contributed by atoms with Crippen molar-refractivity contribution in [1.29, 1.82) is 0 Å². The molecule has 0 heterocycles. The van der Waals surface area contributed by atoms with Gasteiger partial charge in [0.25, 0.3) is 5.91 Å². The molecule has 1 aromatic carbocycles. The lowest BCUT2D eigenvalue weighted by Crippen LogP contribution is -2.27. The van der Waals surface area contributed by atoms with Crippen LogP contribution in [0, 0.1) is 0 Å². The van der Waals surface area contributed by atoms with Crippen LogP contribution in [0.2, 0.25) is 0 Å². The molecule has 0 aromatic heterocycles. The molecule has 1 rings (SSSR count). The first-order valence-electron chi connectivity index (χ1n) is 5.79. The largest absolute Gasteiger partial charge is 0.493 e. The van der Waals surface area contributed by atoms with Gasteiger partial charge in [0, 0.05) is 14.1 Å². The van der Waals surface area contributed by atoms with E-state index in [4.69, 9.17) is 15.2 Å². The fraction of sp³-hybridized carbons (Fsp3) is 0.462. The molecule has 0 bridgehead atoms. The number of methoxy groups -OCH3 is 1. The second-order valence-corrected chi connectivity index (χ2v) is 4.06. The zero-order valence-electron chi connectivity index (χ0n) is 11.1. The van der Waals surface area contributed by atoms with Crippen molar-refractivity contribution in [2.24, 2.45) is 5.73 Å². The number of carbonyl (C=O) groups excluding carboxylic acids is 1. The van der Waals surface area contributed by atoms with E-state index in [1.54, 1.807) is 27.3 Å². The zero-order valence-corrected chi connectivity index (χ0v) is 11.1. The number of rotatable bonds is 6. The second-order valence-electron chi connectivity index (χ2n) is 4.06. The minimum absolute atomic E-state index is 0.00898. The van der Waals surface area contributed by atoms with Gasteiger partial charge >= 0.3 is 0 Å². The van der Waals surface area contributed by atoms with E-state index in [0.717, 1.165) is 5.56 Å². The van der Waals surface area contributed by atoms with Crippen LogP contribution in [0.15, 0.2) is 18.2 Å². The Hall–Kier alpha value is -1.75. The minimum atomic E-state index is -0.0976. The van der Waals surface area contributed by atoms with Crippen LogP contribution in [0.25, 0.3) is 0 Å². The molecule has 0 aliphatic carbocycles. The number of nitrogens with two attached hydrogens (primary N) is 1. The molecule has 0 spiro atoms. The lowest BCUT2D eigenvalue weighted by atomic mass is 10.1. The second kappa shape index (κ2) is 6.86. The van der Waals surface area contributed by atoms with Gasteiger partial charge in [0.1, 0.15) is 0 Å². The molecule has 0 fully saturated rings. The molecule has 0 saturated carbocycles. The standard InChI is InChI=1S/C13H20N2O3/c1-15(2)12(16)9-18-13-10(7-8-14)5-4-6-11(13)17-3/h4-6H,7-9,14H2,1-3H3. The molecular weight excluding hydrogens is 232 g/mol. The van der Waals surface area contributed by atoms with Crippen molar-refractivity contribution in [3.63, 3.8) is 0 Å². The predicted octanol–water partition coefficient (Wildman–Crippen LogP) is 0.663. The number of hydrogen-bond acceptors (Lipinski definition) is 4. The van der Waals surface area contributed by atoms with Gasteiger partial charge < -0.3 is 20.1 Å². The van der Waals surface area contributed by atoms with Crippen molar-refractivity contribution >= 4 is 5.91 Å². The molecule has 5 heteroatoms. The molecule has 0 aliphatic rings. The number of ether oxygens (including phenoxy) is 2. The van der Waals surface area contributed by atoms with Crippen molar-refractivity contribution < 1.29 is 14.3 Å². The molecule has 100 valence electrons. The molecule has 0 unspecified atom stereocenters. The van der Waals surface area contributed by atoms with E-state index in [-0.39, 0.29) is 12.5 Å². The van der Waals surface area contributed by atoms with Crippen molar-refractivity contribution in [3.05, 3.63) is 23.8 Å². The van der Waals surface area contributed by atoms with E-state index in [9.17, 15) is 4.79 Å². The Bertz CT molecular complexity index is 405. The highest BCUT2D eigenvalue weighted by atomic mass is 16.5. The molecule has 0 saturated heterocycles. The summed E-state index contributed by atoms with van der Waals surface area (Å²) in [5, 5.41) is 0.